The van der Waals surface area contributed by atoms with Gasteiger partial charge in [-0.15, -0.1) is 0 Å². The third-order valence-electron chi connectivity index (χ3n) is 3.44. The van der Waals surface area contributed by atoms with Gasteiger partial charge in [0.1, 0.15) is 11.4 Å². The molecule has 5 heteroatoms. The van der Waals surface area contributed by atoms with Crippen molar-refractivity contribution < 1.29 is 9.53 Å². The number of anilines is 1. The van der Waals surface area contributed by atoms with Crippen LogP contribution < -0.4 is 15.4 Å². The third-order valence-corrected chi connectivity index (χ3v) is 3.44. The van der Waals surface area contributed by atoms with E-state index in [4.69, 9.17) is 4.74 Å². The molecule has 2 N–H and O–H groups in total. The molecule has 1 heterocycles. The summed E-state index contributed by atoms with van der Waals surface area (Å²) < 4.78 is 5.35. The molecule has 2 aromatic rings. The second kappa shape index (κ2) is 8.78. The lowest BCUT2D eigenvalue weighted by atomic mass is 10.1. The van der Waals surface area contributed by atoms with Crippen LogP contribution in [0.1, 0.15) is 29.4 Å². The number of nitrogens with zero attached hydrogens (tertiary/aromatic N) is 1. The van der Waals surface area contributed by atoms with Crippen molar-refractivity contribution in [2.75, 3.05) is 25.5 Å². The van der Waals surface area contributed by atoms with Crippen LogP contribution in [-0.4, -0.2) is 31.1 Å². The molecule has 122 valence electrons. The number of para-hydroxylation sites is 1. The number of hydrogen-bond donors (Lipinski definition) is 2. The highest BCUT2D eigenvalue weighted by Crippen LogP contribution is 2.18. The second-order valence-corrected chi connectivity index (χ2v) is 5.17. The van der Waals surface area contributed by atoms with Crippen molar-refractivity contribution in [3.8, 4) is 5.75 Å². The number of benzene rings is 1. The number of hydrogen-bond acceptors (Lipinski definition) is 4. The highest BCUT2D eigenvalue weighted by atomic mass is 16.5. The highest BCUT2D eigenvalue weighted by molar-refractivity contribution is 5.93. The van der Waals surface area contributed by atoms with Crippen molar-refractivity contribution in [2.45, 2.75) is 19.8 Å². The Labute approximate surface area is 137 Å². The number of nitrogens with one attached hydrogen (secondary N) is 2. The fourth-order valence-electron chi connectivity index (χ4n) is 2.24. The molecule has 0 aliphatic rings. The van der Waals surface area contributed by atoms with Gasteiger partial charge < -0.3 is 15.4 Å². The van der Waals surface area contributed by atoms with Gasteiger partial charge in [0.05, 0.1) is 7.11 Å². The molecule has 1 aromatic heterocycles. The van der Waals surface area contributed by atoms with Gasteiger partial charge in [-0.05, 0) is 36.6 Å². The summed E-state index contributed by atoms with van der Waals surface area (Å²) in [6.07, 6.45) is 3.39. The van der Waals surface area contributed by atoms with E-state index < -0.39 is 0 Å². The molecule has 5 nitrogen and oxygen atoms in total. The molecule has 1 aromatic carbocycles. The lowest BCUT2D eigenvalue weighted by Crippen LogP contribution is -2.25. The molecular formula is C18H23N3O2. The van der Waals surface area contributed by atoms with Crippen molar-refractivity contribution in [3.63, 3.8) is 0 Å². The van der Waals surface area contributed by atoms with E-state index in [0.717, 1.165) is 36.4 Å². The number of ether oxygens (including phenoxy) is 1. The number of carbonyl (C=O) groups is 1. The van der Waals surface area contributed by atoms with E-state index >= 15 is 0 Å². The lowest BCUT2D eigenvalue weighted by Gasteiger charge is -2.10. The van der Waals surface area contributed by atoms with Gasteiger partial charge in [0.2, 0.25) is 0 Å². The molecule has 0 unspecified atom stereocenters. The molecule has 0 saturated heterocycles. The molecule has 0 aliphatic carbocycles. The zero-order valence-corrected chi connectivity index (χ0v) is 13.6. The van der Waals surface area contributed by atoms with Crippen molar-refractivity contribution in [1.82, 2.24) is 10.3 Å². The third kappa shape index (κ3) is 4.98. The zero-order chi connectivity index (χ0) is 16.5. The molecule has 0 radical (unpaired) electrons. The van der Waals surface area contributed by atoms with Gasteiger partial charge in [-0.2, -0.15) is 0 Å². The Kier molecular flexibility index (Phi) is 6.41. The van der Waals surface area contributed by atoms with Crippen LogP contribution in [0.4, 0.5) is 5.69 Å². The van der Waals surface area contributed by atoms with Gasteiger partial charge in [0, 0.05) is 25.0 Å². The van der Waals surface area contributed by atoms with Gasteiger partial charge in [-0.25, -0.2) is 0 Å². The number of rotatable bonds is 8. The summed E-state index contributed by atoms with van der Waals surface area (Å²) in [4.78, 5) is 16.0. The molecule has 0 saturated carbocycles. The average molecular weight is 313 g/mol. The fourth-order valence-corrected chi connectivity index (χ4v) is 2.24. The van der Waals surface area contributed by atoms with Crippen molar-refractivity contribution in [2.24, 2.45) is 0 Å². The van der Waals surface area contributed by atoms with E-state index in [1.807, 2.05) is 31.2 Å². The first-order valence-corrected chi connectivity index (χ1v) is 7.84. The summed E-state index contributed by atoms with van der Waals surface area (Å²) >= 11 is 0. The van der Waals surface area contributed by atoms with Gasteiger partial charge in [-0.1, -0.05) is 25.1 Å². The predicted molar refractivity (Wildman–Crippen MR) is 92.0 cm³/mol. The standard InChI is InChI=1S/C18H23N3O2/c1-3-10-21-18(22)16-13-15(9-12-20-16)19-11-8-14-6-4-5-7-17(14)23-2/h4-7,9,12-13H,3,8,10-11H2,1-2H3,(H,19,20)(H,21,22). The molecular weight excluding hydrogens is 290 g/mol. The minimum Gasteiger partial charge on any atom is -0.496 e. The molecule has 23 heavy (non-hydrogen) atoms. The molecule has 0 spiro atoms. The van der Waals surface area contributed by atoms with Crippen molar-refractivity contribution in [3.05, 3.63) is 53.9 Å². The van der Waals surface area contributed by atoms with Crippen LogP contribution in [0.3, 0.4) is 0 Å². The summed E-state index contributed by atoms with van der Waals surface area (Å²) in [6.45, 7) is 3.43. The molecule has 0 bridgehead atoms. The smallest absolute Gasteiger partial charge is 0.269 e. The van der Waals surface area contributed by atoms with Crippen LogP contribution in [-0.2, 0) is 6.42 Å². The van der Waals surface area contributed by atoms with Crippen LogP contribution in [0.15, 0.2) is 42.6 Å². The minimum atomic E-state index is -0.139. The van der Waals surface area contributed by atoms with Crippen LogP contribution in [0.2, 0.25) is 0 Å². The number of pyridine rings is 1. The number of aromatic nitrogens is 1. The summed E-state index contributed by atoms with van der Waals surface area (Å²) in [6, 6.07) is 11.6. The SMILES string of the molecule is CCCNC(=O)c1cc(NCCc2ccccc2OC)ccn1. The van der Waals surface area contributed by atoms with E-state index in [0.29, 0.717) is 12.2 Å². The van der Waals surface area contributed by atoms with Gasteiger partial charge in [0.15, 0.2) is 0 Å². The normalized spacial score (nSPS) is 10.2. The van der Waals surface area contributed by atoms with Gasteiger partial charge in [-0.3, -0.25) is 9.78 Å². The van der Waals surface area contributed by atoms with E-state index in [1.165, 1.54) is 0 Å². The fraction of sp³-hybridized carbons (Fsp3) is 0.333. The lowest BCUT2D eigenvalue weighted by molar-refractivity contribution is 0.0948. The maximum Gasteiger partial charge on any atom is 0.269 e. The maximum absolute atomic E-state index is 11.9. The summed E-state index contributed by atoms with van der Waals surface area (Å²) in [5, 5.41) is 6.15. The monoisotopic (exact) mass is 313 g/mol. The molecule has 1 amide bonds. The van der Waals surface area contributed by atoms with Crippen LogP contribution >= 0.6 is 0 Å². The summed E-state index contributed by atoms with van der Waals surface area (Å²) in [5.74, 6) is 0.754. The topological polar surface area (TPSA) is 63.2 Å². The van der Waals surface area contributed by atoms with Gasteiger partial charge >= 0.3 is 0 Å². The zero-order valence-electron chi connectivity index (χ0n) is 13.6. The van der Waals surface area contributed by atoms with Crippen LogP contribution in [0.5, 0.6) is 5.75 Å². The molecule has 0 atom stereocenters. The molecule has 0 fully saturated rings. The Bertz CT molecular complexity index is 644. The Balaban J connectivity index is 1.92. The first-order chi connectivity index (χ1) is 11.2. The summed E-state index contributed by atoms with van der Waals surface area (Å²) in [5.41, 5.74) is 2.47. The minimum absolute atomic E-state index is 0.139. The van der Waals surface area contributed by atoms with Crippen molar-refractivity contribution >= 4 is 11.6 Å². The van der Waals surface area contributed by atoms with E-state index in [-0.39, 0.29) is 5.91 Å². The predicted octanol–water partition coefficient (Wildman–Crippen LogP) is 2.88. The van der Waals surface area contributed by atoms with E-state index in [9.17, 15) is 4.79 Å². The van der Waals surface area contributed by atoms with E-state index in [1.54, 1.807) is 19.4 Å². The number of carbonyl (C=O) groups excluding carboxylic acids is 1. The first kappa shape index (κ1) is 16.8. The Morgan fingerprint density at radius 2 is 2.04 bits per heavy atom. The largest absolute Gasteiger partial charge is 0.496 e. The Morgan fingerprint density at radius 3 is 2.83 bits per heavy atom. The van der Waals surface area contributed by atoms with Crippen LogP contribution in [0.25, 0.3) is 0 Å². The average Bonchev–Trinajstić information content (AvgIpc) is 2.60. The number of methoxy groups -OCH3 is 1. The first-order valence-electron chi connectivity index (χ1n) is 7.84. The Morgan fingerprint density at radius 1 is 1.22 bits per heavy atom. The van der Waals surface area contributed by atoms with Gasteiger partial charge in [0.25, 0.3) is 5.91 Å². The number of amides is 1. The van der Waals surface area contributed by atoms with Crippen molar-refractivity contribution in [1.29, 1.82) is 0 Å². The van der Waals surface area contributed by atoms with E-state index in [2.05, 4.69) is 21.7 Å². The maximum atomic E-state index is 11.9. The summed E-state index contributed by atoms with van der Waals surface area (Å²) in [7, 11) is 1.68. The molecule has 2 rings (SSSR count). The highest BCUT2D eigenvalue weighted by Gasteiger charge is 2.07. The molecule has 0 aliphatic heterocycles. The quantitative estimate of drug-likeness (QED) is 0.786. The Hall–Kier alpha value is -2.56. The second-order valence-electron chi connectivity index (χ2n) is 5.17. The van der Waals surface area contributed by atoms with Crippen LogP contribution in [0, 0.1) is 0 Å².